The van der Waals surface area contributed by atoms with Crippen LogP contribution in [0.15, 0.2) is 12.1 Å². The highest BCUT2D eigenvalue weighted by Crippen LogP contribution is 2.33. The van der Waals surface area contributed by atoms with Gasteiger partial charge in [0.05, 0.1) is 4.92 Å². The molecule has 1 unspecified atom stereocenters. The van der Waals surface area contributed by atoms with Crippen molar-refractivity contribution in [3.8, 4) is 0 Å². The van der Waals surface area contributed by atoms with Gasteiger partial charge in [-0.25, -0.2) is 0 Å². The van der Waals surface area contributed by atoms with Crippen molar-refractivity contribution in [1.29, 1.82) is 0 Å². The Morgan fingerprint density at radius 3 is 2.89 bits per heavy atom. The van der Waals surface area contributed by atoms with Crippen LogP contribution in [0, 0.1) is 17.0 Å². The largest absolute Gasteiger partial charge is 0.370 e. The van der Waals surface area contributed by atoms with E-state index >= 15 is 0 Å². The maximum atomic E-state index is 10.9. The van der Waals surface area contributed by atoms with Crippen LogP contribution in [0.5, 0.6) is 0 Å². The van der Waals surface area contributed by atoms with E-state index in [-0.39, 0.29) is 10.7 Å². The molecule has 104 valence electrons. The second-order valence-electron chi connectivity index (χ2n) is 4.92. The van der Waals surface area contributed by atoms with Gasteiger partial charge in [0.15, 0.2) is 0 Å². The maximum Gasteiger partial charge on any atom is 0.288 e. The van der Waals surface area contributed by atoms with Crippen molar-refractivity contribution in [3.05, 3.63) is 32.8 Å². The lowest BCUT2D eigenvalue weighted by molar-refractivity contribution is -0.384. The SMILES string of the molecule is CNC1CCCN(c2cc(Cl)c([N+](=O)[O-])cc2C)C1. The van der Waals surface area contributed by atoms with Crippen LogP contribution in [0.4, 0.5) is 11.4 Å². The van der Waals surface area contributed by atoms with Gasteiger partial charge in [0, 0.05) is 30.9 Å². The first-order chi connectivity index (χ1) is 9.02. The van der Waals surface area contributed by atoms with Gasteiger partial charge in [-0.3, -0.25) is 10.1 Å². The molecular weight excluding hydrogens is 266 g/mol. The first-order valence-electron chi connectivity index (χ1n) is 6.39. The molecule has 1 aliphatic rings. The number of piperidine rings is 1. The lowest BCUT2D eigenvalue weighted by Gasteiger charge is -2.35. The summed E-state index contributed by atoms with van der Waals surface area (Å²) in [6, 6.07) is 3.73. The monoisotopic (exact) mass is 283 g/mol. The van der Waals surface area contributed by atoms with Crippen LogP contribution in [-0.4, -0.2) is 31.1 Å². The van der Waals surface area contributed by atoms with Crippen LogP contribution >= 0.6 is 11.6 Å². The highest BCUT2D eigenvalue weighted by atomic mass is 35.5. The van der Waals surface area contributed by atoms with Gasteiger partial charge in [-0.1, -0.05) is 11.6 Å². The first-order valence-corrected chi connectivity index (χ1v) is 6.77. The molecule has 0 bridgehead atoms. The first kappa shape index (κ1) is 14.1. The molecule has 0 radical (unpaired) electrons. The summed E-state index contributed by atoms with van der Waals surface area (Å²) in [6.07, 6.45) is 2.27. The zero-order valence-corrected chi connectivity index (χ0v) is 11.9. The summed E-state index contributed by atoms with van der Waals surface area (Å²) < 4.78 is 0. The number of likely N-dealkylation sites (N-methyl/N-ethyl adjacent to an activating group) is 1. The predicted molar refractivity (Wildman–Crippen MR) is 77.1 cm³/mol. The van der Waals surface area contributed by atoms with Crippen molar-refractivity contribution in [2.24, 2.45) is 0 Å². The Kier molecular flexibility index (Phi) is 4.27. The van der Waals surface area contributed by atoms with Crippen molar-refractivity contribution < 1.29 is 4.92 Å². The van der Waals surface area contributed by atoms with E-state index in [1.165, 1.54) is 0 Å². The van der Waals surface area contributed by atoms with E-state index in [9.17, 15) is 10.1 Å². The fourth-order valence-electron chi connectivity index (χ4n) is 2.57. The second-order valence-corrected chi connectivity index (χ2v) is 5.33. The molecule has 1 saturated heterocycles. The minimum Gasteiger partial charge on any atom is -0.370 e. The van der Waals surface area contributed by atoms with Crippen LogP contribution in [-0.2, 0) is 0 Å². The van der Waals surface area contributed by atoms with Gasteiger partial charge in [0.2, 0.25) is 0 Å². The van der Waals surface area contributed by atoms with Crippen LogP contribution in [0.2, 0.25) is 5.02 Å². The summed E-state index contributed by atoms with van der Waals surface area (Å²) in [6.45, 7) is 3.76. The summed E-state index contributed by atoms with van der Waals surface area (Å²) in [5, 5.41) is 14.3. The summed E-state index contributed by atoms with van der Waals surface area (Å²) >= 11 is 6.00. The third-order valence-corrected chi connectivity index (χ3v) is 3.94. The molecule has 19 heavy (non-hydrogen) atoms. The van der Waals surface area contributed by atoms with Crippen molar-refractivity contribution in [3.63, 3.8) is 0 Å². The number of hydrogen-bond acceptors (Lipinski definition) is 4. The molecule has 0 aromatic heterocycles. The van der Waals surface area contributed by atoms with Crippen LogP contribution in [0.1, 0.15) is 18.4 Å². The van der Waals surface area contributed by atoms with Crippen molar-refractivity contribution in [1.82, 2.24) is 5.32 Å². The normalized spacial score (nSPS) is 19.5. The molecule has 0 amide bonds. The Morgan fingerprint density at radius 1 is 1.53 bits per heavy atom. The molecule has 1 fully saturated rings. The molecule has 1 aromatic carbocycles. The van der Waals surface area contributed by atoms with Crippen LogP contribution in [0.3, 0.4) is 0 Å². The molecular formula is C13H18ClN3O2. The molecule has 2 rings (SSSR count). The number of nitro groups is 1. The van der Waals surface area contributed by atoms with Gasteiger partial charge >= 0.3 is 0 Å². The Hall–Kier alpha value is -1.33. The fraction of sp³-hybridized carbons (Fsp3) is 0.538. The number of nitro benzene ring substituents is 1. The van der Waals surface area contributed by atoms with E-state index in [1.54, 1.807) is 12.1 Å². The average Bonchev–Trinajstić information content (AvgIpc) is 2.40. The summed E-state index contributed by atoms with van der Waals surface area (Å²) in [5.74, 6) is 0. The Labute approximate surface area is 117 Å². The number of aryl methyl sites for hydroxylation is 1. The van der Waals surface area contributed by atoms with E-state index in [0.717, 1.165) is 37.2 Å². The van der Waals surface area contributed by atoms with Gasteiger partial charge in [-0.2, -0.15) is 0 Å². The van der Waals surface area contributed by atoms with E-state index in [2.05, 4.69) is 10.2 Å². The smallest absolute Gasteiger partial charge is 0.288 e. The molecule has 1 N–H and O–H groups in total. The van der Waals surface area contributed by atoms with E-state index in [4.69, 9.17) is 11.6 Å². The minimum absolute atomic E-state index is 0.0231. The van der Waals surface area contributed by atoms with E-state index in [1.807, 2.05) is 14.0 Å². The number of nitrogens with zero attached hydrogens (tertiary/aromatic N) is 2. The Morgan fingerprint density at radius 2 is 2.26 bits per heavy atom. The molecule has 1 heterocycles. The van der Waals surface area contributed by atoms with Gasteiger partial charge < -0.3 is 10.2 Å². The average molecular weight is 284 g/mol. The second kappa shape index (κ2) is 5.75. The van der Waals surface area contributed by atoms with Gasteiger partial charge in [0.25, 0.3) is 5.69 Å². The summed E-state index contributed by atoms with van der Waals surface area (Å²) in [7, 11) is 1.96. The van der Waals surface area contributed by atoms with Crippen LogP contribution in [0.25, 0.3) is 0 Å². The van der Waals surface area contributed by atoms with Gasteiger partial charge in [0.1, 0.15) is 5.02 Å². The molecule has 5 nitrogen and oxygen atoms in total. The molecule has 1 aliphatic heterocycles. The minimum atomic E-state index is -0.439. The van der Waals surface area contributed by atoms with Crippen molar-refractivity contribution in [2.75, 3.05) is 25.0 Å². The molecule has 6 heteroatoms. The number of rotatable bonds is 3. The highest BCUT2D eigenvalue weighted by Gasteiger charge is 2.22. The number of nitrogens with one attached hydrogen (secondary N) is 1. The molecule has 0 spiro atoms. The molecule has 1 atom stereocenters. The zero-order valence-electron chi connectivity index (χ0n) is 11.1. The molecule has 0 aliphatic carbocycles. The number of hydrogen-bond donors (Lipinski definition) is 1. The standard InChI is InChI=1S/C13H18ClN3O2/c1-9-6-13(17(18)19)11(14)7-12(9)16-5-3-4-10(8-16)15-2/h6-7,10,15H,3-5,8H2,1-2H3. The number of anilines is 1. The molecule has 0 saturated carbocycles. The highest BCUT2D eigenvalue weighted by molar-refractivity contribution is 6.33. The van der Waals surface area contributed by atoms with Gasteiger partial charge in [-0.15, -0.1) is 0 Å². The van der Waals surface area contributed by atoms with Gasteiger partial charge in [-0.05, 0) is 38.4 Å². The topological polar surface area (TPSA) is 58.4 Å². The Balaban J connectivity index is 2.30. The van der Waals surface area contributed by atoms with E-state index in [0.29, 0.717) is 6.04 Å². The lowest BCUT2D eigenvalue weighted by Crippen LogP contribution is -2.44. The number of halogens is 1. The van der Waals surface area contributed by atoms with Crippen molar-refractivity contribution in [2.45, 2.75) is 25.8 Å². The number of benzene rings is 1. The zero-order chi connectivity index (χ0) is 14.0. The van der Waals surface area contributed by atoms with Crippen molar-refractivity contribution >= 4 is 23.0 Å². The van der Waals surface area contributed by atoms with E-state index < -0.39 is 4.92 Å². The predicted octanol–water partition coefficient (Wildman–Crippen LogP) is 2.74. The summed E-state index contributed by atoms with van der Waals surface area (Å²) in [4.78, 5) is 12.7. The maximum absolute atomic E-state index is 10.9. The summed E-state index contributed by atoms with van der Waals surface area (Å²) in [5.41, 5.74) is 1.87. The third-order valence-electron chi connectivity index (χ3n) is 3.63. The van der Waals surface area contributed by atoms with Crippen LogP contribution < -0.4 is 10.2 Å². The third kappa shape index (κ3) is 2.98. The molecule has 1 aromatic rings. The quantitative estimate of drug-likeness (QED) is 0.684. The lowest BCUT2D eigenvalue weighted by atomic mass is 10.0. The fourth-order valence-corrected chi connectivity index (χ4v) is 2.79. The Bertz CT molecular complexity index is 493.